The maximum absolute atomic E-state index is 12.3. The molecule has 1 aromatic heterocycles. The fourth-order valence-electron chi connectivity index (χ4n) is 3.13. The third-order valence-electron chi connectivity index (χ3n) is 4.24. The van der Waals surface area contributed by atoms with E-state index < -0.39 is 5.60 Å². The van der Waals surface area contributed by atoms with Crippen LogP contribution in [-0.4, -0.2) is 41.4 Å². The van der Waals surface area contributed by atoms with Crippen molar-refractivity contribution in [3.8, 4) is 0 Å². The summed E-state index contributed by atoms with van der Waals surface area (Å²) in [5, 5.41) is 13.4. The van der Waals surface area contributed by atoms with Gasteiger partial charge in [0.25, 0.3) is 5.91 Å². The van der Waals surface area contributed by atoms with Crippen molar-refractivity contribution in [1.82, 2.24) is 9.88 Å². The molecule has 2 atom stereocenters. The van der Waals surface area contributed by atoms with Crippen molar-refractivity contribution < 1.29 is 14.6 Å². The number of hydrogen-bond donors (Lipinski definition) is 2. The smallest absolute Gasteiger partial charge is 0.268 e. The van der Waals surface area contributed by atoms with Crippen LogP contribution in [0.2, 0.25) is 0 Å². The Morgan fingerprint density at radius 2 is 2.43 bits per heavy atom. The predicted molar refractivity (Wildman–Crippen MR) is 81.2 cm³/mol. The predicted octanol–water partition coefficient (Wildman–Crippen LogP) is 1.81. The second-order valence-electron chi connectivity index (χ2n) is 6.19. The summed E-state index contributed by atoms with van der Waals surface area (Å²) in [6, 6.07) is 3.64. The van der Waals surface area contributed by atoms with Crippen LogP contribution >= 0.6 is 0 Å². The molecule has 1 aromatic rings. The van der Waals surface area contributed by atoms with Crippen molar-refractivity contribution in [2.45, 2.75) is 44.8 Å². The van der Waals surface area contributed by atoms with Gasteiger partial charge in [-0.15, -0.1) is 0 Å². The van der Waals surface area contributed by atoms with Crippen molar-refractivity contribution in [3.63, 3.8) is 0 Å². The van der Waals surface area contributed by atoms with Crippen molar-refractivity contribution in [2.75, 3.05) is 20.3 Å². The molecular formula is C16H26N2O3. The SMILES string of the molecule is COCCn1cccc1C(=O)NCC1(O)CCCC(C)C1. The lowest BCUT2D eigenvalue weighted by Crippen LogP contribution is -2.46. The fourth-order valence-corrected chi connectivity index (χ4v) is 3.13. The van der Waals surface area contributed by atoms with E-state index in [1.807, 2.05) is 16.8 Å². The zero-order valence-corrected chi connectivity index (χ0v) is 13.0. The van der Waals surface area contributed by atoms with Gasteiger partial charge in [-0.3, -0.25) is 4.79 Å². The summed E-state index contributed by atoms with van der Waals surface area (Å²) in [7, 11) is 1.64. The Kier molecular flexibility index (Phi) is 5.42. The zero-order valence-electron chi connectivity index (χ0n) is 13.0. The summed E-state index contributed by atoms with van der Waals surface area (Å²) < 4.78 is 6.91. The van der Waals surface area contributed by atoms with Crippen LogP contribution < -0.4 is 5.32 Å². The van der Waals surface area contributed by atoms with Gasteiger partial charge in [0.1, 0.15) is 5.69 Å². The van der Waals surface area contributed by atoms with Crippen LogP contribution in [0.15, 0.2) is 18.3 Å². The average Bonchev–Trinajstić information content (AvgIpc) is 2.91. The van der Waals surface area contributed by atoms with E-state index in [1.165, 1.54) is 0 Å². The van der Waals surface area contributed by atoms with Crippen molar-refractivity contribution >= 4 is 5.91 Å². The summed E-state index contributed by atoms with van der Waals surface area (Å²) in [6.07, 6.45) is 5.58. The van der Waals surface area contributed by atoms with Crippen molar-refractivity contribution in [2.24, 2.45) is 5.92 Å². The van der Waals surface area contributed by atoms with E-state index in [-0.39, 0.29) is 5.91 Å². The molecule has 1 fully saturated rings. The normalized spacial score (nSPS) is 25.8. The molecular weight excluding hydrogens is 268 g/mol. The fraction of sp³-hybridized carbons (Fsp3) is 0.688. The number of methoxy groups -OCH3 is 1. The van der Waals surface area contributed by atoms with Crippen LogP contribution in [0.1, 0.15) is 43.1 Å². The molecule has 1 aliphatic carbocycles. The molecule has 0 aliphatic heterocycles. The van der Waals surface area contributed by atoms with E-state index in [9.17, 15) is 9.90 Å². The lowest BCUT2D eigenvalue weighted by atomic mass is 9.79. The number of ether oxygens (including phenoxy) is 1. The van der Waals surface area contributed by atoms with Crippen LogP contribution in [0.5, 0.6) is 0 Å². The molecule has 1 aliphatic rings. The van der Waals surface area contributed by atoms with E-state index in [0.29, 0.717) is 31.3 Å². The molecule has 2 unspecified atom stereocenters. The first-order valence-corrected chi connectivity index (χ1v) is 7.69. The maximum atomic E-state index is 12.3. The number of hydrogen-bond acceptors (Lipinski definition) is 3. The topological polar surface area (TPSA) is 63.5 Å². The summed E-state index contributed by atoms with van der Waals surface area (Å²) in [4.78, 5) is 12.3. The highest BCUT2D eigenvalue weighted by Gasteiger charge is 2.33. The molecule has 2 N–H and O–H groups in total. The number of amides is 1. The first kappa shape index (κ1) is 16.0. The number of aliphatic hydroxyl groups is 1. The maximum Gasteiger partial charge on any atom is 0.268 e. The second-order valence-corrected chi connectivity index (χ2v) is 6.19. The molecule has 1 heterocycles. The summed E-state index contributed by atoms with van der Waals surface area (Å²) in [5.41, 5.74) is -0.142. The monoisotopic (exact) mass is 294 g/mol. The van der Waals surface area contributed by atoms with E-state index in [4.69, 9.17) is 4.74 Å². The molecule has 21 heavy (non-hydrogen) atoms. The first-order valence-electron chi connectivity index (χ1n) is 7.69. The lowest BCUT2D eigenvalue weighted by molar-refractivity contribution is -0.0110. The highest BCUT2D eigenvalue weighted by atomic mass is 16.5. The van der Waals surface area contributed by atoms with Gasteiger partial charge in [0.2, 0.25) is 0 Å². The van der Waals surface area contributed by atoms with Crippen molar-refractivity contribution in [3.05, 3.63) is 24.0 Å². The Bertz CT molecular complexity index is 472. The van der Waals surface area contributed by atoms with Gasteiger partial charge in [-0.05, 0) is 30.9 Å². The lowest BCUT2D eigenvalue weighted by Gasteiger charge is -2.35. The van der Waals surface area contributed by atoms with E-state index >= 15 is 0 Å². The number of carbonyl (C=O) groups excluding carboxylic acids is 1. The number of aromatic nitrogens is 1. The summed E-state index contributed by atoms with van der Waals surface area (Å²) in [6.45, 7) is 3.69. The van der Waals surface area contributed by atoms with Gasteiger partial charge >= 0.3 is 0 Å². The molecule has 1 saturated carbocycles. The average molecular weight is 294 g/mol. The van der Waals surface area contributed by atoms with Gasteiger partial charge in [0.15, 0.2) is 0 Å². The summed E-state index contributed by atoms with van der Waals surface area (Å²) in [5.74, 6) is 0.383. The zero-order chi connectivity index (χ0) is 15.3. The number of nitrogens with zero attached hydrogens (tertiary/aromatic N) is 1. The van der Waals surface area contributed by atoms with Gasteiger partial charge < -0.3 is 19.7 Å². The van der Waals surface area contributed by atoms with Crippen LogP contribution in [0.25, 0.3) is 0 Å². The molecule has 118 valence electrons. The van der Waals surface area contributed by atoms with Crippen molar-refractivity contribution in [1.29, 1.82) is 0 Å². The Morgan fingerprint density at radius 1 is 1.62 bits per heavy atom. The van der Waals surface area contributed by atoms with Crippen LogP contribution in [-0.2, 0) is 11.3 Å². The van der Waals surface area contributed by atoms with Gasteiger partial charge in [-0.2, -0.15) is 0 Å². The van der Waals surface area contributed by atoms with Gasteiger partial charge in [-0.25, -0.2) is 0 Å². The van der Waals surface area contributed by atoms with E-state index in [2.05, 4.69) is 12.2 Å². The van der Waals surface area contributed by atoms with Gasteiger partial charge in [0.05, 0.1) is 12.2 Å². The molecule has 0 aromatic carbocycles. The highest BCUT2D eigenvalue weighted by Crippen LogP contribution is 2.31. The van der Waals surface area contributed by atoms with Crippen LogP contribution in [0, 0.1) is 5.92 Å². The molecule has 2 rings (SSSR count). The molecule has 5 nitrogen and oxygen atoms in total. The molecule has 5 heteroatoms. The quantitative estimate of drug-likeness (QED) is 0.841. The molecule has 1 amide bonds. The molecule has 0 bridgehead atoms. The number of rotatable bonds is 6. The van der Waals surface area contributed by atoms with Gasteiger partial charge in [-0.1, -0.05) is 19.8 Å². The van der Waals surface area contributed by atoms with Gasteiger partial charge in [0, 0.05) is 26.4 Å². The second kappa shape index (κ2) is 7.09. The Balaban J connectivity index is 1.91. The molecule has 0 saturated heterocycles. The van der Waals surface area contributed by atoms with E-state index in [1.54, 1.807) is 13.2 Å². The standard InChI is InChI=1S/C16H26N2O3/c1-13-5-3-7-16(20,11-13)12-17-15(19)14-6-4-8-18(14)9-10-21-2/h4,6,8,13,20H,3,5,7,9-12H2,1-2H3,(H,17,19). The highest BCUT2D eigenvalue weighted by molar-refractivity contribution is 5.92. The summed E-state index contributed by atoms with van der Waals surface area (Å²) >= 11 is 0. The number of carbonyl (C=O) groups is 1. The molecule has 0 radical (unpaired) electrons. The van der Waals surface area contributed by atoms with E-state index in [0.717, 1.165) is 25.7 Å². The molecule has 0 spiro atoms. The minimum absolute atomic E-state index is 0.136. The first-order chi connectivity index (χ1) is 10.0. The largest absolute Gasteiger partial charge is 0.388 e. The third kappa shape index (κ3) is 4.32. The Hall–Kier alpha value is -1.33. The van der Waals surface area contributed by atoms with Crippen LogP contribution in [0.4, 0.5) is 0 Å². The van der Waals surface area contributed by atoms with Crippen LogP contribution in [0.3, 0.4) is 0 Å². The minimum atomic E-state index is -0.753. The Morgan fingerprint density at radius 3 is 3.14 bits per heavy atom. The Labute approximate surface area is 126 Å². The third-order valence-corrected chi connectivity index (χ3v) is 4.24. The minimum Gasteiger partial charge on any atom is -0.388 e. The number of nitrogens with one attached hydrogen (secondary N) is 1.